The number of carbonyl (C=O) groups is 2. The van der Waals surface area contributed by atoms with Gasteiger partial charge in [0.25, 0.3) is 5.91 Å². The fourth-order valence-corrected chi connectivity index (χ4v) is 7.23. The van der Waals surface area contributed by atoms with Gasteiger partial charge in [-0.1, -0.05) is 6.92 Å². The first kappa shape index (κ1) is 17.5. The van der Waals surface area contributed by atoms with Crippen LogP contribution in [0.25, 0.3) is 0 Å². The van der Waals surface area contributed by atoms with E-state index in [-0.39, 0.29) is 29.1 Å². The van der Waals surface area contributed by atoms with E-state index < -0.39 is 20.6 Å². The molecule has 1 N–H and O–H groups in total. The van der Waals surface area contributed by atoms with Gasteiger partial charge in [0.05, 0.1) is 10.00 Å². The molecule has 2 heterocycles. The lowest BCUT2D eigenvalue weighted by molar-refractivity contribution is 0.0688. The van der Waals surface area contributed by atoms with Crippen LogP contribution in [-0.4, -0.2) is 63.2 Å². The monoisotopic (exact) mass is 381 g/mol. The minimum atomic E-state index is -3.25. The van der Waals surface area contributed by atoms with Gasteiger partial charge in [0, 0.05) is 25.7 Å². The molecule has 9 heteroatoms. The van der Waals surface area contributed by atoms with Crippen LogP contribution in [0.15, 0.2) is 0 Å². The summed E-state index contributed by atoms with van der Waals surface area (Å²) in [6.45, 7) is 2.59. The molecule has 26 heavy (non-hydrogen) atoms. The maximum absolute atomic E-state index is 13.0. The van der Waals surface area contributed by atoms with Crippen molar-refractivity contribution in [2.24, 2.45) is 13.0 Å². The highest BCUT2D eigenvalue weighted by molar-refractivity contribution is 7.93. The maximum Gasteiger partial charge on any atom is 0.356 e. The van der Waals surface area contributed by atoms with Crippen molar-refractivity contribution in [1.82, 2.24) is 14.7 Å². The lowest BCUT2D eigenvalue weighted by Gasteiger charge is -2.37. The van der Waals surface area contributed by atoms with Gasteiger partial charge in [-0.25, -0.2) is 13.2 Å². The molecule has 3 aliphatic rings. The van der Waals surface area contributed by atoms with Gasteiger partial charge in [0.1, 0.15) is 5.69 Å². The molecule has 0 atom stereocenters. The molecule has 2 saturated carbocycles. The number of aromatic nitrogens is 2. The normalized spacial score (nSPS) is 27.0. The predicted octanol–water partition coefficient (Wildman–Crippen LogP) is 0.862. The van der Waals surface area contributed by atoms with Gasteiger partial charge in [-0.05, 0) is 38.0 Å². The molecule has 4 rings (SSSR count). The summed E-state index contributed by atoms with van der Waals surface area (Å²) in [5.41, 5.74) is 0.619. The molecule has 8 nitrogen and oxygen atoms in total. The SMILES string of the molecule is CC1CC(S(=O)(=O)C2(CN3CCc4c(C(=O)O)nn(C)c4C3=O)CC2)C1. The molecule has 0 saturated heterocycles. The second-order valence-corrected chi connectivity index (χ2v) is 10.6. The Morgan fingerprint density at radius 3 is 2.54 bits per heavy atom. The van der Waals surface area contributed by atoms with Crippen LogP contribution >= 0.6 is 0 Å². The van der Waals surface area contributed by atoms with Crippen molar-refractivity contribution in [1.29, 1.82) is 0 Å². The predicted molar refractivity (Wildman–Crippen MR) is 92.8 cm³/mol. The average Bonchev–Trinajstić information content (AvgIpc) is 3.25. The van der Waals surface area contributed by atoms with Crippen molar-refractivity contribution in [2.75, 3.05) is 13.1 Å². The molecule has 1 aromatic heterocycles. The molecule has 0 spiro atoms. The summed E-state index contributed by atoms with van der Waals surface area (Å²) in [4.78, 5) is 25.8. The Balaban J connectivity index is 1.57. The summed E-state index contributed by atoms with van der Waals surface area (Å²) in [7, 11) is -1.70. The van der Waals surface area contributed by atoms with E-state index >= 15 is 0 Å². The molecule has 0 unspecified atom stereocenters. The number of hydrogen-bond acceptors (Lipinski definition) is 5. The number of aromatic carboxylic acids is 1. The van der Waals surface area contributed by atoms with Gasteiger partial charge >= 0.3 is 5.97 Å². The van der Waals surface area contributed by atoms with Gasteiger partial charge in [-0.3, -0.25) is 9.48 Å². The molecule has 1 amide bonds. The Hall–Kier alpha value is -1.90. The van der Waals surface area contributed by atoms with Crippen LogP contribution in [0.3, 0.4) is 0 Å². The topological polar surface area (TPSA) is 110 Å². The van der Waals surface area contributed by atoms with E-state index in [1.807, 2.05) is 0 Å². The standard InChI is InChI=1S/C17H23N3O5S/c1-10-7-11(8-10)26(24,25)17(4-5-17)9-20-6-3-12-13(16(22)23)18-19(2)14(12)15(20)21/h10-11H,3-9H2,1-2H3,(H,22,23). The number of carbonyl (C=O) groups excluding carboxylic acids is 1. The van der Waals surface area contributed by atoms with Crippen molar-refractivity contribution in [3.63, 3.8) is 0 Å². The fourth-order valence-electron chi connectivity index (χ4n) is 4.35. The fraction of sp³-hybridized carbons (Fsp3) is 0.706. The van der Waals surface area contributed by atoms with Crippen molar-refractivity contribution in [2.45, 2.75) is 49.0 Å². The Morgan fingerprint density at radius 2 is 2.00 bits per heavy atom. The average molecular weight is 381 g/mol. The van der Waals surface area contributed by atoms with E-state index in [2.05, 4.69) is 12.0 Å². The third-order valence-corrected chi connectivity index (χ3v) is 9.14. The van der Waals surface area contributed by atoms with Gasteiger partial charge in [0.2, 0.25) is 0 Å². The molecule has 0 bridgehead atoms. The number of hydrogen-bond donors (Lipinski definition) is 1. The van der Waals surface area contributed by atoms with Crippen molar-refractivity contribution >= 4 is 21.7 Å². The Morgan fingerprint density at radius 1 is 1.35 bits per heavy atom. The van der Waals surface area contributed by atoms with E-state index in [0.717, 1.165) is 0 Å². The first-order valence-electron chi connectivity index (χ1n) is 8.98. The van der Waals surface area contributed by atoms with E-state index in [0.29, 0.717) is 50.1 Å². The Labute approximate surface area is 152 Å². The van der Waals surface area contributed by atoms with Crippen LogP contribution in [0.5, 0.6) is 0 Å². The summed E-state index contributed by atoms with van der Waals surface area (Å²) < 4.78 is 26.5. The summed E-state index contributed by atoms with van der Waals surface area (Å²) in [6, 6.07) is 0. The number of amides is 1. The van der Waals surface area contributed by atoms with Crippen LogP contribution < -0.4 is 0 Å². The number of rotatable bonds is 5. The molecule has 142 valence electrons. The quantitative estimate of drug-likeness (QED) is 0.810. The van der Waals surface area contributed by atoms with E-state index in [4.69, 9.17) is 0 Å². The third kappa shape index (κ3) is 2.39. The Kier molecular flexibility index (Phi) is 3.74. The maximum atomic E-state index is 13.0. The lowest BCUT2D eigenvalue weighted by atomic mass is 9.87. The zero-order valence-corrected chi connectivity index (χ0v) is 15.8. The number of nitrogens with zero attached hydrogens (tertiary/aromatic N) is 3. The first-order chi connectivity index (χ1) is 12.2. The van der Waals surface area contributed by atoms with Gasteiger partial charge in [-0.15, -0.1) is 0 Å². The Bertz CT molecular complexity index is 894. The molecule has 1 aromatic rings. The van der Waals surface area contributed by atoms with Gasteiger partial charge in [-0.2, -0.15) is 5.10 Å². The summed E-state index contributed by atoms with van der Waals surface area (Å²) in [5.74, 6) is -1.02. The summed E-state index contributed by atoms with van der Waals surface area (Å²) in [5, 5.41) is 12.9. The molecule has 0 aromatic carbocycles. The zero-order valence-electron chi connectivity index (χ0n) is 14.9. The van der Waals surface area contributed by atoms with Gasteiger partial charge in [0.15, 0.2) is 15.5 Å². The van der Waals surface area contributed by atoms with Crippen molar-refractivity contribution in [3.8, 4) is 0 Å². The number of carboxylic acids is 1. The van der Waals surface area contributed by atoms with Crippen LogP contribution in [-0.2, 0) is 23.3 Å². The van der Waals surface area contributed by atoms with Crippen LogP contribution in [0.1, 0.15) is 59.1 Å². The molecule has 2 aliphatic carbocycles. The summed E-state index contributed by atoms with van der Waals surface area (Å²) in [6.07, 6.45) is 3.01. The first-order valence-corrected chi connectivity index (χ1v) is 10.5. The highest BCUT2D eigenvalue weighted by atomic mass is 32.2. The minimum Gasteiger partial charge on any atom is -0.476 e. The third-order valence-electron chi connectivity index (χ3n) is 6.13. The number of aryl methyl sites for hydroxylation is 1. The van der Waals surface area contributed by atoms with Crippen molar-refractivity contribution < 1.29 is 23.1 Å². The number of fused-ring (bicyclic) bond motifs is 1. The number of carboxylic acid groups (broad SMARTS) is 1. The highest BCUT2D eigenvalue weighted by Crippen LogP contribution is 2.50. The summed E-state index contributed by atoms with van der Waals surface area (Å²) >= 11 is 0. The molecule has 1 aliphatic heterocycles. The van der Waals surface area contributed by atoms with Crippen LogP contribution in [0.4, 0.5) is 0 Å². The van der Waals surface area contributed by atoms with E-state index in [9.17, 15) is 23.1 Å². The number of sulfone groups is 1. The zero-order chi connectivity index (χ0) is 18.9. The molecular weight excluding hydrogens is 358 g/mol. The van der Waals surface area contributed by atoms with Crippen LogP contribution in [0.2, 0.25) is 0 Å². The lowest BCUT2D eigenvalue weighted by Crippen LogP contribution is -2.50. The smallest absolute Gasteiger partial charge is 0.356 e. The second-order valence-electron chi connectivity index (χ2n) is 8.01. The molecule has 0 radical (unpaired) electrons. The van der Waals surface area contributed by atoms with Crippen molar-refractivity contribution in [3.05, 3.63) is 17.0 Å². The van der Waals surface area contributed by atoms with E-state index in [1.165, 1.54) is 4.68 Å². The molecular formula is C17H23N3O5S. The molecule has 2 fully saturated rings. The highest BCUT2D eigenvalue weighted by Gasteiger charge is 2.59. The van der Waals surface area contributed by atoms with Crippen LogP contribution in [0, 0.1) is 5.92 Å². The second kappa shape index (κ2) is 5.55. The largest absolute Gasteiger partial charge is 0.476 e. The minimum absolute atomic E-state index is 0.0901. The van der Waals surface area contributed by atoms with Gasteiger partial charge < -0.3 is 10.0 Å². The van der Waals surface area contributed by atoms with E-state index in [1.54, 1.807) is 11.9 Å².